The van der Waals surface area contributed by atoms with E-state index in [-0.39, 0.29) is 49.1 Å². The van der Waals surface area contributed by atoms with Gasteiger partial charge in [0.2, 0.25) is 23.7 Å². The summed E-state index contributed by atoms with van der Waals surface area (Å²) in [5, 5.41) is 27.8. The van der Waals surface area contributed by atoms with Crippen molar-refractivity contribution >= 4 is 41.1 Å². The number of piperazine rings is 1. The topological polar surface area (TPSA) is 208 Å². The van der Waals surface area contributed by atoms with Gasteiger partial charge in [0.05, 0.1) is 43.3 Å². The molecule has 9 rings (SSSR count). The molecule has 4 N–H and O–H groups in total. The van der Waals surface area contributed by atoms with Gasteiger partial charge < -0.3 is 29.8 Å². The van der Waals surface area contributed by atoms with Gasteiger partial charge in [0, 0.05) is 67.7 Å². The van der Waals surface area contributed by atoms with E-state index in [2.05, 4.69) is 64.6 Å². The molecule has 4 aliphatic rings. The number of nitrogens with one attached hydrogen (secondary N) is 3. The summed E-state index contributed by atoms with van der Waals surface area (Å²) in [5.41, 5.74) is 4.67. The van der Waals surface area contributed by atoms with Crippen LogP contribution in [0.15, 0.2) is 77.3 Å². The first-order valence-corrected chi connectivity index (χ1v) is 21.5. The number of aromatic nitrogens is 4. The quantitative estimate of drug-likeness (QED) is 0.0846. The Morgan fingerprint density at radius 2 is 1.68 bits per heavy atom. The smallest absolute Gasteiger partial charge is 0.339 e. The Morgan fingerprint density at radius 1 is 0.908 bits per heavy atom. The normalized spacial score (nSPS) is 18.4. The number of rotatable bonds is 11. The first kappa shape index (κ1) is 42.8. The minimum atomic E-state index is -0.772. The molecular formula is C48H46N10O7. The number of amides is 3. The van der Waals surface area contributed by atoms with Crippen LogP contribution in [0.1, 0.15) is 81.6 Å². The van der Waals surface area contributed by atoms with Crippen LogP contribution in [-0.4, -0.2) is 116 Å². The van der Waals surface area contributed by atoms with E-state index in [0.717, 1.165) is 48.4 Å². The molecule has 2 saturated heterocycles. The van der Waals surface area contributed by atoms with Gasteiger partial charge in [-0.05, 0) is 67.8 Å². The lowest BCUT2D eigenvalue weighted by Crippen LogP contribution is -2.52. The van der Waals surface area contributed by atoms with Gasteiger partial charge in [-0.2, -0.15) is 4.98 Å². The maximum absolute atomic E-state index is 13.0. The highest BCUT2D eigenvalue weighted by molar-refractivity contribution is 6.05. The molecule has 0 saturated carbocycles. The molecule has 17 heteroatoms. The zero-order chi connectivity index (χ0) is 45.1. The predicted molar refractivity (Wildman–Crippen MR) is 237 cm³/mol. The average molecular weight is 875 g/mol. The van der Waals surface area contributed by atoms with E-state index in [0.29, 0.717) is 60.1 Å². The molecular weight excluding hydrogens is 829 g/mol. The number of ether oxygens (including phenoxy) is 1. The summed E-state index contributed by atoms with van der Waals surface area (Å²) in [5.74, 6) is 12.8. The summed E-state index contributed by atoms with van der Waals surface area (Å²) in [6.45, 7) is 8.36. The van der Waals surface area contributed by atoms with Crippen molar-refractivity contribution in [1.29, 1.82) is 0 Å². The molecule has 65 heavy (non-hydrogen) atoms. The number of nitrogens with zero attached hydrogens (tertiary/aromatic N) is 7. The van der Waals surface area contributed by atoms with Gasteiger partial charge in [-0.15, -0.1) is 10.2 Å². The fraction of sp³-hybridized carbons (Fsp3) is 0.333. The summed E-state index contributed by atoms with van der Waals surface area (Å²) < 4.78 is 11.6. The molecule has 2 atom stereocenters. The van der Waals surface area contributed by atoms with Crippen molar-refractivity contribution in [1.82, 2.24) is 40.2 Å². The Labute approximate surface area is 375 Å². The molecule has 6 heterocycles. The summed E-state index contributed by atoms with van der Waals surface area (Å²) in [6, 6.07) is 19.2. The second kappa shape index (κ2) is 18.3. The van der Waals surface area contributed by atoms with Gasteiger partial charge in [0.1, 0.15) is 17.5 Å². The highest BCUT2D eigenvalue weighted by Crippen LogP contribution is 2.38. The fourth-order valence-electron chi connectivity index (χ4n) is 8.31. The van der Waals surface area contributed by atoms with E-state index >= 15 is 0 Å². The van der Waals surface area contributed by atoms with E-state index < -0.39 is 23.6 Å². The summed E-state index contributed by atoms with van der Waals surface area (Å²) in [6.07, 6.45) is 2.37. The number of aliphatic hydroxyl groups is 1. The van der Waals surface area contributed by atoms with Gasteiger partial charge in [0.15, 0.2) is 0 Å². The number of fused-ring (bicyclic) bond motifs is 2. The number of hydrogen-bond acceptors (Lipinski definition) is 15. The molecule has 0 bridgehead atoms. The first-order valence-electron chi connectivity index (χ1n) is 21.5. The van der Waals surface area contributed by atoms with Crippen LogP contribution in [0.2, 0.25) is 0 Å². The third-order valence-electron chi connectivity index (χ3n) is 11.9. The molecule has 3 aromatic carbocycles. The number of aliphatic hydroxyl groups excluding tert-OH is 1. The molecule has 330 valence electrons. The van der Waals surface area contributed by atoms with E-state index in [9.17, 15) is 24.3 Å². The largest absolute Gasteiger partial charge is 0.451 e. The van der Waals surface area contributed by atoms with Crippen molar-refractivity contribution in [3.63, 3.8) is 0 Å². The molecule has 0 radical (unpaired) electrons. The van der Waals surface area contributed by atoms with Crippen LogP contribution in [0.5, 0.6) is 0 Å². The van der Waals surface area contributed by atoms with Crippen LogP contribution in [0.25, 0.3) is 11.5 Å². The van der Waals surface area contributed by atoms with Crippen molar-refractivity contribution in [2.24, 2.45) is 0 Å². The Balaban J connectivity index is 0.788. The summed E-state index contributed by atoms with van der Waals surface area (Å²) in [4.78, 5) is 64.8. The van der Waals surface area contributed by atoms with E-state index in [4.69, 9.17) is 14.1 Å². The third kappa shape index (κ3) is 9.44. The molecule has 17 nitrogen and oxygen atoms in total. The maximum Gasteiger partial charge on any atom is 0.339 e. The number of carbonyl (C=O) groups is 4. The Morgan fingerprint density at radius 3 is 2.45 bits per heavy atom. The average Bonchev–Trinajstić information content (AvgIpc) is 3.97. The monoisotopic (exact) mass is 874 g/mol. The summed E-state index contributed by atoms with van der Waals surface area (Å²) >= 11 is 0. The van der Waals surface area contributed by atoms with Gasteiger partial charge in [-0.3, -0.25) is 29.5 Å². The predicted octanol–water partition coefficient (Wildman–Crippen LogP) is 3.80. The fourth-order valence-corrected chi connectivity index (χ4v) is 8.31. The minimum Gasteiger partial charge on any atom is -0.451 e. The Hall–Kier alpha value is -7.44. The number of carbonyl (C=O) groups excluding carboxylic acids is 4. The van der Waals surface area contributed by atoms with Gasteiger partial charge in [0.25, 0.3) is 11.8 Å². The van der Waals surface area contributed by atoms with Crippen molar-refractivity contribution in [3.8, 4) is 35.1 Å². The maximum atomic E-state index is 13.0. The molecule has 0 aliphatic carbocycles. The van der Waals surface area contributed by atoms with Gasteiger partial charge in [-0.1, -0.05) is 54.0 Å². The first-order chi connectivity index (χ1) is 31.5. The molecule has 1 unspecified atom stereocenters. The van der Waals surface area contributed by atoms with Crippen molar-refractivity contribution in [2.75, 3.05) is 56.5 Å². The lowest BCUT2D eigenvalue weighted by molar-refractivity contribution is -0.136. The number of imide groups is 1. The van der Waals surface area contributed by atoms with Crippen LogP contribution in [-0.2, 0) is 32.9 Å². The zero-order valence-corrected chi connectivity index (χ0v) is 35.9. The zero-order valence-electron chi connectivity index (χ0n) is 35.9. The van der Waals surface area contributed by atoms with Crippen LogP contribution in [0.3, 0.4) is 0 Å². The number of hydrogen-bond donors (Lipinski definition) is 4. The summed E-state index contributed by atoms with van der Waals surface area (Å²) in [7, 11) is 0. The van der Waals surface area contributed by atoms with Crippen LogP contribution in [0, 0.1) is 23.7 Å². The number of anilines is 3. The number of cyclic esters (lactones) is 1. The van der Waals surface area contributed by atoms with Crippen molar-refractivity contribution < 1.29 is 33.4 Å². The number of benzene rings is 3. The SMILES string of the molecule is CC1(C)OC(=O)c2ccc(Nc3ncc(-c4nnc(CC#CCN5CCN(CC#Cc6ccc7c(c6)CN(C6CCC(=O)NC6=O)C7=O)CC5)o4)c(N[C@H](CO)c4ccccc4)n3)cc21. The molecule has 5 aromatic rings. The highest BCUT2D eigenvalue weighted by atomic mass is 16.6. The molecule has 4 aliphatic heterocycles. The second-order valence-corrected chi connectivity index (χ2v) is 16.7. The Kier molecular flexibility index (Phi) is 12.1. The van der Waals surface area contributed by atoms with Gasteiger partial charge in [-0.25, -0.2) is 9.78 Å². The van der Waals surface area contributed by atoms with E-state index in [1.54, 1.807) is 29.3 Å². The molecule has 0 spiro atoms. The van der Waals surface area contributed by atoms with Gasteiger partial charge >= 0.3 is 5.97 Å². The van der Waals surface area contributed by atoms with E-state index in [1.165, 1.54) is 0 Å². The second-order valence-electron chi connectivity index (χ2n) is 16.7. The van der Waals surface area contributed by atoms with Crippen molar-refractivity contribution in [2.45, 2.75) is 57.3 Å². The van der Waals surface area contributed by atoms with Crippen molar-refractivity contribution in [3.05, 3.63) is 112 Å². The standard InChI is InChI=1S/C48H46N10O7/c1-48(2)37-26-33(14-16-35(37)46(63)65-48)50-47-49-27-36(42(53-47)51-38(29-59)31-10-4-3-5-11-31)44-55-54-41(64-44)12-6-7-19-56-21-23-57(24-22-56)20-8-9-30-13-15-34-32(25-30)28-58(45(34)62)39-17-18-40(60)52-43(39)61/h3-5,10-11,13-16,25-27,38-39,59H,12,17-24,28-29H2,1-2H3,(H,52,60,61)(H2,49,50,51,53)/t38-,39?/m1/s1. The van der Waals surface area contributed by atoms with Crippen LogP contribution < -0.4 is 16.0 Å². The highest BCUT2D eigenvalue weighted by Gasteiger charge is 2.40. The Bertz CT molecular complexity index is 2800. The van der Waals surface area contributed by atoms with Crippen LogP contribution >= 0.6 is 0 Å². The number of esters is 1. The lowest BCUT2D eigenvalue weighted by atomic mass is 9.95. The number of piperidine rings is 1. The molecule has 2 fully saturated rings. The molecule has 3 amide bonds. The molecule has 2 aromatic heterocycles. The lowest BCUT2D eigenvalue weighted by Gasteiger charge is -2.32. The van der Waals surface area contributed by atoms with E-state index in [1.807, 2.05) is 62.4 Å². The minimum absolute atomic E-state index is 0.192. The van der Waals surface area contributed by atoms with Crippen LogP contribution in [0.4, 0.5) is 17.5 Å². The third-order valence-corrected chi connectivity index (χ3v) is 11.9.